The molecule has 0 atom stereocenters. The number of anilines is 1. The van der Waals surface area contributed by atoms with Gasteiger partial charge in [-0.2, -0.15) is 0 Å². The third-order valence-corrected chi connectivity index (χ3v) is 2.73. The Morgan fingerprint density at radius 2 is 2.00 bits per heavy atom. The predicted octanol–water partition coefficient (Wildman–Crippen LogP) is 3.97. The van der Waals surface area contributed by atoms with Crippen molar-refractivity contribution in [2.45, 2.75) is 32.0 Å². The van der Waals surface area contributed by atoms with Gasteiger partial charge in [0.05, 0.1) is 0 Å². The van der Waals surface area contributed by atoms with E-state index in [1.54, 1.807) is 6.07 Å². The highest BCUT2D eigenvalue weighted by molar-refractivity contribution is 5.95. The second-order valence-electron chi connectivity index (χ2n) is 4.34. The molecule has 1 aliphatic rings. The van der Waals surface area contributed by atoms with E-state index >= 15 is 0 Å². The molecule has 104 valence electrons. The smallest absolute Gasteiger partial charge is 0.406 e. The molecule has 3 nitrogen and oxygen atoms in total. The average Bonchev–Trinajstić information content (AvgIpc) is 2.56. The SMILES string of the molecule is FC(F)(F)Oc1cccc(NC2=NCCCCC2)c1. The van der Waals surface area contributed by atoms with Crippen LogP contribution in [0.2, 0.25) is 0 Å². The first-order chi connectivity index (χ1) is 9.03. The second-order valence-corrected chi connectivity index (χ2v) is 4.34. The van der Waals surface area contributed by atoms with Gasteiger partial charge in [-0.05, 0) is 25.0 Å². The quantitative estimate of drug-likeness (QED) is 0.883. The van der Waals surface area contributed by atoms with E-state index in [0.29, 0.717) is 5.69 Å². The lowest BCUT2D eigenvalue weighted by Gasteiger charge is -2.12. The summed E-state index contributed by atoms with van der Waals surface area (Å²) < 4.78 is 40.2. The Morgan fingerprint density at radius 1 is 1.16 bits per heavy atom. The summed E-state index contributed by atoms with van der Waals surface area (Å²) in [5, 5.41) is 3.05. The maximum Gasteiger partial charge on any atom is 0.573 e. The lowest BCUT2D eigenvalue weighted by Crippen LogP contribution is -2.17. The van der Waals surface area contributed by atoms with Gasteiger partial charge in [0.2, 0.25) is 0 Å². The number of nitrogens with zero attached hydrogens (tertiary/aromatic N) is 1. The highest BCUT2D eigenvalue weighted by atomic mass is 19.4. The van der Waals surface area contributed by atoms with Gasteiger partial charge >= 0.3 is 6.36 Å². The van der Waals surface area contributed by atoms with Crippen molar-refractivity contribution >= 4 is 11.5 Å². The summed E-state index contributed by atoms with van der Waals surface area (Å²) in [5.74, 6) is 0.591. The largest absolute Gasteiger partial charge is 0.573 e. The van der Waals surface area contributed by atoms with E-state index in [1.807, 2.05) is 0 Å². The molecule has 0 bridgehead atoms. The topological polar surface area (TPSA) is 33.6 Å². The van der Waals surface area contributed by atoms with Gasteiger partial charge in [0.25, 0.3) is 0 Å². The van der Waals surface area contributed by atoms with Crippen molar-refractivity contribution in [3.8, 4) is 5.75 Å². The lowest BCUT2D eigenvalue weighted by molar-refractivity contribution is -0.274. The van der Waals surface area contributed by atoms with E-state index in [4.69, 9.17) is 0 Å². The molecule has 0 aromatic heterocycles. The van der Waals surface area contributed by atoms with Crippen LogP contribution >= 0.6 is 0 Å². The summed E-state index contributed by atoms with van der Waals surface area (Å²) in [6.45, 7) is 0.765. The normalized spacial score (nSPS) is 16.5. The van der Waals surface area contributed by atoms with Crippen LogP contribution in [-0.4, -0.2) is 18.7 Å². The third kappa shape index (κ3) is 4.81. The van der Waals surface area contributed by atoms with E-state index in [-0.39, 0.29) is 5.75 Å². The fourth-order valence-corrected chi connectivity index (χ4v) is 1.91. The number of benzene rings is 1. The number of halogens is 3. The summed E-state index contributed by atoms with van der Waals surface area (Å²) in [4.78, 5) is 4.37. The Morgan fingerprint density at radius 3 is 2.79 bits per heavy atom. The predicted molar refractivity (Wildman–Crippen MR) is 67.5 cm³/mol. The Hall–Kier alpha value is -1.72. The van der Waals surface area contributed by atoms with Crippen LogP contribution in [0.1, 0.15) is 25.7 Å². The van der Waals surface area contributed by atoms with Crippen LogP contribution in [0.15, 0.2) is 29.3 Å². The number of alkyl halides is 3. The summed E-state index contributed by atoms with van der Waals surface area (Å²) in [6.07, 6.45) is -0.609. The van der Waals surface area contributed by atoms with Gasteiger partial charge in [0.15, 0.2) is 0 Å². The van der Waals surface area contributed by atoms with Crippen LogP contribution in [0.4, 0.5) is 18.9 Å². The number of hydrogen-bond acceptors (Lipinski definition) is 3. The Bertz CT molecular complexity index is 457. The number of nitrogens with one attached hydrogen (secondary N) is 1. The van der Waals surface area contributed by atoms with Crippen LogP contribution in [0.3, 0.4) is 0 Å². The Labute approximate surface area is 109 Å². The van der Waals surface area contributed by atoms with Gasteiger partial charge < -0.3 is 10.1 Å². The molecule has 1 aromatic rings. The van der Waals surface area contributed by atoms with E-state index in [0.717, 1.165) is 38.1 Å². The summed E-state index contributed by atoms with van der Waals surface area (Å²) in [7, 11) is 0. The molecule has 0 saturated carbocycles. The van der Waals surface area contributed by atoms with E-state index in [9.17, 15) is 13.2 Å². The van der Waals surface area contributed by atoms with Crippen LogP contribution in [0.5, 0.6) is 5.75 Å². The van der Waals surface area contributed by atoms with Crippen LogP contribution < -0.4 is 10.1 Å². The molecule has 0 saturated heterocycles. The van der Waals surface area contributed by atoms with Crippen LogP contribution in [-0.2, 0) is 0 Å². The van der Waals surface area contributed by atoms with Gasteiger partial charge in [-0.3, -0.25) is 4.99 Å². The monoisotopic (exact) mass is 272 g/mol. The van der Waals surface area contributed by atoms with Crippen molar-refractivity contribution < 1.29 is 17.9 Å². The molecular weight excluding hydrogens is 257 g/mol. The molecule has 0 unspecified atom stereocenters. The first-order valence-electron chi connectivity index (χ1n) is 6.19. The van der Waals surface area contributed by atoms with Gasteiger partial charge in [-0.15, -0.1) is 13.2 Å². The van der Waals surface area contributed by atoms with Gasteiger partial charge in [-0.25, -0.2) is 0 Å². The maximum atomic E-state index is 12.1. The molecule has 1 N–H and O–H groups in total. The zero-order chi connectivity index (χ0) is 13.7. The van der Waals surface area contributed by atoms with Gasteiger partial charge in [0, 0.05) is 24.7 Å². The third-order valence-electron chi connectivity index (χ3n) is 2.73. The summed E-state index contributed by atoms with van der Waals surface area (Å²) >= 11 is 0. The number of hydrogen-bond donors (Lipinski definition) is 1. The first kappa shape index (κ1) is 13.7. The molecule has 1 heterocycles. The van der Waals surface area contributed by atoms with Crippen molar-refractivity contribution in [2.24, 2.45) is 4.99 Å². The number of amidine groups is 1. The zero-order valence-corrected chi connectivity index (χ0v) is 10.3. The number of rotatable bonds is 2. The molecule has 6 heteroatoms. The molecule has 0 radical (unpaired) electrons. The maximum absolute atomic E-state index is 12.1. The van der Waals surface area contributed by atoms with Crippen molar-refractivity contribution in [2.75, 3.05) is 11.9 Å². The molecule has 0 fully saturated rings. The number of aliphatic imine (C=N–C) groups is 1. The molecule has 19 heavy (non-hydrogen) atoms. The standard InChI is InChI=1S/C13H15F3N2O/c14-13(15,16)19-11-6-4-5-10(9-11)18-12-7-2-1-3-8-17-12/h4-6,9H,1-3,7-8H2,(H,17,18). The highest BCUT2D eigenvalue weighted by Gasteiger charge is 2.31. The van der Waals surface area contributed by atoms with E-state index in [1.165, 1.54) is 18.2 Å². The molecular formula is C13H15F3N2O. The van der Waals surface area contributed by atoms with E-state index in [2.05, 4.69) is 15.0 Å². The minimum Gasteiger partial charge on any atom is -0.406 e. The number of ether oxygens (including phenoxy) is 1. The fourth-order valence-electron chi connectivity index (χ4n) is 1.91. The molecule has 2 rings (SSSR count). The van der Waals surface area contributed by atoms with Crippen molar-refractivity contribution in [1.29, 1.82) is 0 Å². The minimum absolute atomic E-state index is 0.230. The fraction of sp³-hybridized carbons (Fsp3) is 0.462. The van der Waals surface area contributed by atoms with Crippen LogP contribution in [0.25, 0.3) is 0 Å². The van der Waals surface area contributed by atoms with Crippen molar-refractivity contribution in [1.82, 2.24) is 0 Å². The zero-order valence-electron chi connectivity index (χ0n) is 10.3. The Kier molecular flexibility index (Phi) is 4.29. The second kappa shape index (κ2) is 5.95. The minimum atomic E-state index is -4.67. The van der Waals surface area contributed by atoms with Gasteiger partial charge in [-0.1, -0.05) is 12.5 Å². The molecule has 0 aliphatic carbocycles. The van der Waals surface area contributed by atoms with Crippen LogP contribution in [0, 0.1) is 0 Å². The van der Waals surface area contributed by atoms with Crippen molar-refractivity contribution in [3.63, 3.8) is 0 Å². The first-order valence-corrected chi connectivity index (χ1v) is 6.19. The lowest BCUT2D eigenvalue weighted by atomic mass is 10.2. The van der Waals surface area contributed by atoms with E-state index < -0.39 is 6.36 Å². The molecule has 1 aliphatic heterocycles. The Balaban J connectivity index is 2.04. The summed E-state index contributed by atoms with van der Waals surface area (Å²) in [6, 6.07) is 5.80. The summed E-state index contributed by atoms with van der Waals surface area (Å²) in [5.41, 5.74) is 0.558. The average molecular weight is 272 g/mol. The molecule has 0 amide bonds. The molecule has 1 aromatic carbocycles. The van der Waals surface area contributed by atoms with Gasteiger partial charge in [0.1, 0.15) is 11.6 Å². The molecule has 0 spiro atoms. The van der Waals surface area contributed by atoms with Crippen molar-refractivity contribution in [3.05, 3.63) is 24.3 Å². The highest BCUT2D eigenvalue weighted by Crippen LogP contribution is 2.25.